The minimum absolute atomic E-state index is 0.0400. The summed E-state index contributed by atoms with van der Waals surface area (Å²) in [6, 6.07) is 13.4. The van der Waals surface area contributed by atoms with E-state index in [4.69, 9.17) is 0 Å². The van der Waals surface area contributed by atoms with Crippen LogP contribution < -0.4 is 11.0 Å². The summed E-state index contributed by atoms with van der Waals surface area (Å²) in [5.41, 5.74) is 3.44. The van der Waals surface area contributed by atoms with Gasteiger partial charge in [-0.25, -0.2) is 9.18 Å². The fourth-order valence-electron chi connectivity index (χ4n) is 5.46. The molecule has 6 nitrogen and oxygen atoms in total. The van der Waals surface area contributed by atoms with Crippen LogP contribution in [0.15, 0.2) is 60.0 Å². The SMILES string of the molecule is C=CNC(=O)Cn1c(=O)n(C2CCN(C3CCc4c(F)cccc43)CC2)c2ccccc21. The number of benzene rings is 2. The minimum atomic E-state index is -0.271. The first kappa shape index (κ1) is 20.7. The summed E-state index contributed by atoms with van der Waals surface area (Å²) in [7, 11) is 0. The van der Waals surface area contributed by atoms with E-state index in [-0.39, 0.29) is 36.0 Å². The molecule has 2 heterocycles. The van der Waals surface area contributed by atoms with Crippen molar-refractivity contribution in [2.75, 3.05) is 13.1 Å². The lowest BCUT2D eigenvalue weighted by Gasteiger charge is -2.36. The van der Waals surface area contributed by atoms with E-state index in [1.165, 1.54) is 10.8 Å². The largest absolute Gasteiger partial charge is 0.332 e. The van der Waals surface area contributed by atoms with E-state index in [2.05, 4.69) is 22.9 Å². The summed E-state index contributed by atoms with van der Waals surface area (Å²) >= 11 is 0. The number of carbonyl (C=O) groups is 1. The number of halogens is 1. The number of carbonyl (C=O) groups excluding carboxylic acids is 1. The average Bonchev–Trinajstić information content (AvgIpc) is 3.35. The van der Waals surface area contributed by atoms with Crippen LogP contribution in [0.3, 0.4) is 0 Å². The maximum Gasteiger partial charge on any atom is 0.329 e. The number of hydrogen-bond donors (Lipinski definition) is 1. The highest BCUT2D eigenvalue weighted by atomic mass is 19.1. The Balaban J connectivity index is 1.39. The van der Waals surface area contributed by atoms with Gasteiger partial charge in [0.05, 0.1) is 11.0 Å². The number of amides is 1. The average molecular weight is 435 g/mol. The quantitative estimate of drug-likeness (QED) is 0.669. The second kappa shape index (κ2) is 8.39. The van der Waals surface area contributed by atoms with Gasteiger partial charge < -0.3 is 5.32 Å². The van der Waals surface area contributed by atoms with Crippen molar-refractivity contribution in [2.24, 2.45) is 0 Å². The summed E-state index contributed by atoms with van der Waals surface area (Å²) in [6.45, 7) is 5.18. The molecular formula is C25H27FN4O2. The van der Waals surface area contributed by atoms with Crippen LogP contribution in [0.1, 0.15) is 42.5 Å². The molecule has 32 heavy (non-hydrogen) atoms. The van der Waals surface area contributed by atoms with Gasteiger partial charge in [0.25, 0.3) is 0 Å². The van der Waals surface area contributed by atoms with Crippen molar-refractivity contribution in [3.8, 4) is 0 Å². The summed E-state index contributed by atoms with van der Waals surface area (Å²) in [5.74, 6) is -0.369. The maximum atomic E-state index is 14.2. The number of rotatable bonds is 5. The molecule has 1 aliphatic carbocycles. The van der Waals surface area contributed by atoms with Crippen LogP contribution in [-0.4, -0.2) is 33.0 Å². The molecule has 2 aromatic carbocycles. The number of likely N-dealkylation sites (tertiary alicyclic amines) is 1. The van der Waals surface area contributed by atoms with Crippen molar-refractivity contribution in [1.82, 2.24) is 19.4 Å². The monoisotopic (exact) mass is 434 g/mol. The van der Waals surface area contributed by atoms with Crippen LogP contribution in [0, 0.1) is 5.82 Å². The number of imidazole rings is 1. The molecule has 1 N–H and O–H groups in total. The van der Waals surface area contributed by atoms with Crippen LogP contribution in [0.4, 0.5) is 4.39 Å². The van der Waals surface area contributed by atoms with Gasteiger partial charge >= 0.3 is 5.69 Å². The first-order valence-electron chi connectivity index (χ1n) is 11.2. The Morgan fingerprint density at radius 1 is 1.09 bits per heavy atom. The molecule has 0 radical (unpaired) electrons. The highest BCUT2D eigenvalue weighted by molar-refractivity contribution is 5.81. The van der Waals surface area contributed by atoms with Crippen LogP contribution in [-0.2, 0) is 17.8 Å². The lowest BCUT2D eigenvalue weighted by molar-refractivity contribution is -0.120. The van der Waals surface area contributed by atoms with Crippen molar-refractivity contribution >= 4 is 16.9 Å². The van der Waals surface area contributed by atoms with Gasteiger partial charge in [0.2, 0.25) is 5.91 Å². The molecule has 3 aromatic rings. The molecule has 1 atom stereocenters. The van der Waals surface area contributed by atoms with Crippen LogP contribution >= 0.6 is 0 Å². The van der Waals surface area contributed by atoms with E-state index in [0.29, 0.717) is 0 Å². The van der Waals surface area contributed by atoms with Gasteiger partial charge in [-0.05, 0) is 61.2 Å². The number of nitrogens with one attached hydrogen (secondary N) is 1. The Bertz CT molecular complexity index is 1240. The summed E-state index contributed by atoms with van der Waals surface area (Å²) in [5, 5.41) is 2.55. The smallest absolute Gasteiger partial charge is 0.329 e. The molecule has 2 aliphatic rings. The molecule has 1 fully saturated rings. The van der Waals surface area contributed by atoms with E-state index < -0.39 is 0 Å². The third-order valence-corrected chi connectivity index (χ3v) is 6.92. The van der Waals surface area contributed by atoms with Gasteiger partial charge in [-0.1, -0.05) is 30.8 Å². The molecule has 0 spiro atoms. The van der Waals surface area contributed by atoms with Crippen LogP contribution in [0.2, 0.25) is 0 Å². The van der Waals surface area contributed by atoms with Crippen molar-refractivity contribution in [1.29, 1.82) is 0 Å². The zero-order chi connectivity index (χ0) is 22.2. The van der Waals surface area contributed by atoms with Gasteiger partial charge in [-0.3, -0.25) is 18.8 Å². The lowest BCUT2D eigenvalue weighted by atomic mass is 10.00. The van der Waals surface area contributed by atoms with Gasteiger partial charge in [0, 0.05) is 25.2 Å². The van der Waals surface area contributed by atoms with E-state index in [0.717, 1.165) is 60.9 Å². The zero-order valence-electron chi connectivity index (χ0n) is 18.0. The second-order valence-electron chi connectivity index (χ2n) is 8.63. The third-order valence-electron chi connectivity index (χ3n) is 6.92. The van der Waals surface area contributed by atoms with E-state index in [1.807, 2.05) is 28.8 Å². The Morgan fingerprint density at radius 3 is 2.59 bits per heavy atom. The number of nitrogens with zero attached hydrogens (tertiary/aromatic N) is 3. The number of fused-ring (bicyclic) bond motifs is 2. The Morgan fingerprint density at radius 2 is 1.84 bits per heavy atom. The predicted octanol–water partition coefficient (Wildman–Crippen LogP) is 3.53. The maximum absolute atomic E-state index is 14.2. The van der Waals surface area contributed by atoms with Gasteiger partial charge in [0.1, 0.15) is 12.4 Å². The van der Waals surface area contributed by atoms with Crippen molar-refractivity contribution < 1.29 is 9.18 Å². The van der Waals surface area contributed by atoms with E-state index in [1.54, 1.807) is 12.1 Å². The first-order chi connectivity index (χ1) is 15.6. The molecule has 0 saturated carbocycles. The number of para-hydroxylation sites is 2. The normalized spacial score (nSPS) is 19.2. The zero-order valence-corrected chi connectivity index (χ0v) is 18.0. The number of hydrogen-bond acceptors (Lipinski definition) is 3. The fraction of sp³-hybridized carbons (Fsp3) is 0.360. The predicted molar refractivity (Wildman–Crippen MR) is 122 cm³/mol. The van der Waals surface area contributed by atoms with Gasteiger partial charge in [-0.2, -0.15) is 0 Å². The molecule has 1 aliphatic heterocycles. The Labute approximate surface area is 185 Å². The topological polar surface area (TPSA) is 59.3 Å². The van der Waals surface area contributed by atoms with Crippen LogP contribution in [0.25, 0.3) is 11.0 Å². The molecule has 1 aromatic heterocycles. The highest BCUT2D eigenvalue weighted by Gasteiger charge is 2.33. The number of piperidine rings is 1. The van der Waals surface area contributed by atoms with E-state index >= 15 is 0 Å². The molecule has 166 valence electrons. The van der Waals surface area contributed by atoms with Crippen LogP contribution in [0.5, 0.6) is 0 Å². The van der Waals surface area contributed by atoms with Gasteiger partial charge in [0.15, 0.2) is 0 Å². The molecule has 7 heteroatoms. The second-order valence-corrected chi connectivity index (χ2v) is 8.63. The lowest BCUT2D eigenvalue weighted by Crippen LogP contribution is -2.39. The fourth-order valence-corrected chi connectivity index (χ4v) is 5.46. The van der Waals surface area contributed by atoms with E-state index in [9.17, 15) is 14.0 Å². The van der Waals surface area contributed by atoms with Crippen molar-refractivity contribution in [2.45, 2.75) is 44.3 Å². The summed E-state index contributed by atoms with van der Waals surface area (Å²) in [4.78, 5) is 27.9. The number of aromatic nitrogens is 2. The van der Waals surface area contributed by atoms with Crippen molar-refractivity contribution in [3.05, 3.63) is 82.7 Å². The Kier molecular flexibility index (Phi) is 5.43. The molecule has 1 saturated heterocycles. The molecule has 0 bridgehead atoms. The summed E-state index contributed by atoms with van der Waals surface area (Å²) < 4.78 is 17.6. The molecule has 1 amide bonds. The molecular weight excluding hydrogens is 407 g/mol. The summed E-state index contributed by atoms with van der Waals surface area (Å²) in [6.07, 6.45) is 4.74. The standard InChI is InChI=1S/C25H27FN4O2/c1-2-27-24(31)16-29-22-8-3-4-9-23(22)30(25(29)32)17-12-14-28(15-13-17)21-11-10-18-19(21)6-5-7-20(18)26/h2-9,17,21H,1,10-16H2,(H,27,31). The molecule has 5 rings (SSSR count). The first-order valence-corrected chi connectivity index (χ1v) is 11.2. The minimum Gasteiger partial charge on any atom is -0.332 e. The van der Waals surface area contributed by atoms with Gasteiger partial charge in [-0.15, -0.1) is 0 Å². The Hall–Kier alpha value is -3.19. The molecule has 1 unspecified atom stereocenters. The third kappa shape index (κ3) is 3.46. The highest BCUT2D eigenvalue weighted by Crippen LogP contribution is 2.39. The van der Waals surface area contributed by atoms with Crippen molar-refractivity contribution in [3.63, 3.8) is 0 Å².